The lowest BCUT2D eigenvalue weighted by Gasteiger charge is -2.30. The highest BCUT2D eigenvalue weighted by Crippen LogP contribution is 2.52. The van der Waals surface area contributed by atoms with Gasteiger partial charge in [0.15, 0.2) is 0 Å². The Kier molecular flexibility index (Phi) is 12.4. The van der Waals surface area contributed by atoms with Crippen molar-refractivity contribution in [2.24, 2.45) is 0 Å². The molecule has 402 valence electrons. The zero-order chi connectivity index (χ0) is 54.9. The number of hydrogen-bond donors (Lipinski definition) is 0. The first-order valence-electron chi connectivity index (χ1n) is 26.8. The maximum Gasteiger partial charge on any atom is 0.213 e. The predicted molar refractivity (Wildman–Crippen MR) is 325 cm³/mol. The van der Waals surface area contributed by atoms with E-state index in [0.29, 0.717) is 49.5 Å². The van der Waals surface area contributed by atoms with E-state index in [4.69, 9.17) is 60.6 Å². The molecule has 7 aromatic carbocycles. The van der Waals surface area contributed by atoms with Crippen molar-refractivity contribution in [2.45, 2.75) is 70.1 Å². The zero-order valence-electron chi connectivity index (χ0n) is 43.4. The number of benzene rings is 7. The average Bonchev–Trinajstić information content (AvgIpc) is 4.42. The molecule has 0 spiro atoms. The first kappa shape index (κ1) is 50.8. The normalized spacial score (nSPS) is 17.3. The van der Waals surface area contributed by atoms with Crippen LogP contribution in [-0.4, -0.2) is 18.7 Å². The monoisotopic (exact) mass is 1180 g/mol. The van der Waals surface area contributed by atoms with Gasteiger partial charge < -0.3 is 18.8 Å². The van der Waals surface area contributed by atoms with Gasteiger partial charge in [-0.1, -0.05) is 82.8 Å². The first-order chi connectivity index (χ1) is 39.4. The Morgan fingerprint density at radius 2 is 0.988 bits per heavy atom. The van der Waals surface area contributed by atoms with Crippen LogP contribution in [0.3, 0.4) is 0 Å². The molecule has 0 amide bonds. The zero-order valence-corrected chi connectivity index (χ0v) is 48.1. The van der Waals surface area contributed by atoms with Gasteiger partial charge in [0.05, 0.1) is 59.5 Å². The molecule has 2 saturated carbocycles. The van der Waals surface area contributed by atoms with Crippen LogP contribution in [0, 0.1) is 25.5 Å². The van der Waals surface area contributed by atoms with Crippen molar-refractivity contribution in [3.63, 3.8) is 0 Å². The fraction of sp³-hybridized carbons (Fsp3) is 0.167. The minimum atomic E-state index is -0.388. The second-order valence-corrected chi connectivity index (χ2v) is 25.4. The summed E-state index contributed by atoms with van der Waals surface area (Å²) in [4.78, 5) is 8.15. The number of nitrogens with zero attached hydrogens (tertiary/aromatic N) is 4. The molecule has 17 rings (SSSR count). The van der Waals surface area contributed by atoms with E-state index in [1.54, 1.807) is 34.8 Å². The summed E-state index contributed by atoms with van der Waals surface area (Å²) in [5.41, 5.74) is 11.0. The molecule has 0 saturated heterocycles. The van der Waals surface area contributed by atoms with Crippen molar-refractivity contribution in [1.82, 2.24) is 18.7 Å². The third-order valence-electron chi connectivity index (χ3n) is 15.6. The van der Waals surface area contributed by atoms with Gasteiger partial charge in [-0.25, -0.2) is 13.8 Å². The molecule has 3 unspecified atom stereocenters. The predicted octanol–water partition coefficient (Wildman–Crippen LogP) is 20.5. The van der Waals surface area contributed by atoms with Crippen molar-refractivity contribution in [3.8, 4) is 51.0 Å². The van der Waals surface area contributed by atoms with E-state index in [0.717, 1.165) is 87.0 Å². The number of aromatic nitrogens is 4. The number of thiazole rings is 1. The highest BCUT2D eigenvalue weighted by molar-refractivity contribution is 7.12. The maximum absolute atomic E-state index is 14.9. The summed E-state index contributed by atoms with van der Waals surface area (Å²) >= 11 is 28.2. The van der Waals surface area contributed by atoms with Crippen molar-refractivity contribution in [1.29, 1.82) is 0 Å². The highest BCUT2D eigenvalue weighted by Gasteiger charge is 2.37. The Morgan fingerprint density at radius 1 is 0.457 bits per heavy atom. The molecular weight excluding hydrogens is 1140 g/mol. The molecule has 12 aromatic rings. The van der Waals surface area contributed by atoms with Gasteiger partial charge in [0.1, 0.15) is 28.9 Å². The Labute approximate surface area is 493 Å². The molecule has 81 heavy (non-hydrogen) atoms. The van der Waals surface area contributed by atoms with Crippen LogP contribution in [0.15, 0.2) is 164 Å². The molecular formula is C66H46Cl4F2N4O3S2. The lowest BCUT2D eigenvalue weighted by molar-refractivity contribution is 0.173. The quantitative estimate of drug-likeness (QED) is 0.172. The summed E-state index contributed by atoms with van der Waals surface area (Å²) in [7, 11) is 0. The largest absolute Gasteiger partial charge is 0.465 e. The van der Waals surface area contributed by atoms with E-state index in [9.17, 15) is 8.78 Å². The van der Waals surface area contributed by atoms with Crippen LogP contribution < -0.4 is 14.2 Å². The van der Waals surface area contributed by atoms with E-state index in [1.807, 2.05) is 98.0 Å². The average molecular weight is 1190 g/mol. The first-order valence-corrected chi connectivity index (χ1v) is 29.9. The highest BCUT2D eigenvalue weighted by atomic mass is 35.5. The minimum absolute atomic E-state index is 0.191. The van der Waals surface area contributed by atoms with Crippen LogP contribution >= 0.6 is 69.1 Å². The Bertz CT molecular complexity index is 4320. The molecule has 7 nitrogen and oxygen atoms in total. The third-order valence-corrected chi connectivity index (χ3v) is 19.0. The van der Waals surface area contributed by atoms with Gasteiger partial charge in [-0.3, -0.25) is 9.13 Å². The summed E-state index contributed by atoms with van der Waals surface area (Å²) in [6, 6.07) is 51.1. The van der Waals surface area contributed by atoms with Gasteiger partial charge in [0, 0.05) is 64.4 Å². The second-order valence-electron chi connectivity index (χ2n) is 21.4. The minimum Gasteiger partial charge on any atom is -0.465 e. The standard InChI is InChI=1S/C22H14Cl2FNOS.C22H16ClFN2OS.C22H16ClNO/c23-13-3-4-16-12(7-13)8-17-21-15(25)9-14(24)10-18(21)27-22(26(16)17)20-6-5-19(28-20)11-1-2-11;1-11-6-15(24)20-17-9-13-8-14(23)4-5-16(13)26(17)22(27-18(20)7-11)19-10-25-21(28-19)12-2-3-12;1-14-7-9-18-20-13-16-12-17(23)8-10-19(16)24(20)22(25-21(18)11-14)15-5-3-2-4-6-15/h3-11,22H,1-2H2;4-10,12,22H,2-3H2,1H3;2-13,22H,1H3. The number of rotatable bonds is 5. The van der Waals surface area contributed by atoms with Crippen molar-refractivity contribution in [2.75, 3.05) is 0 Å². The summed E-state index contributed by atoms with van der Waals surface area (Å²) in [5, 5.41) is 6.60. The number of halogens is 6. The number of fused-ring (bicyclic) bond motifs is 15. The molecule has 2 fully saturated rings. The SMILES string of the molecule is Cc1cc(F)c2c(c1)OC(c1cnc(C3CC3)s1)n1c-2cc2cc(Cl)ccc21.Cc1ccc2c(c1)OC(c1ccccc1)n1c-2cc2cc(Cl)ccc21.Fc1cc(Cl)cc2c1-c1cc3cc(Cl)ccc3n1C(c1ccc(C3CC3)s1)O2. The van der Waals surface area contributed by atoms with Crippen LogP contribution in [0.5, 0.6) is 17.2 Å². The van der Waals surface area contributed by atoms with Gasteiger partial charge in [-0.05, 0) is 178 Å². The van der Waals surface area contributed by atoms with E-state index < -0.39 is 0 Å². The number of ether oxygens (including phenoxy) is 3. The van der Waals surface area contributed by atoms with Gasteiger partial charge in [0.25, 0.3) is 0 Å². The number of hydrogen-bond acceptors (Lipinski definition) is 6. The van der Waals surface area contributed by atoms with Crippen molar-refractivity contribution in [3.05, 3.63) is 232 Å². The molecule has 0 radical (unpaired) electrons. The number of aryl methyl sites for hydroxylation is 2. The van der Waals surface area contributed by atoms with Gasteiger partial charge in [-0.15, -0.1) is 22.7 Å². The molecule has 0 N–H and O–H groups in total. The lowest BCUT2D eigenvalue weighted by atomic mass is 10.1. The summed E-state index contributed by atoms with van der Waals surface area (Å²) in [5.74, 6) is 2.58. The molecule has 3 aliphatic heterocycles. The molecule has 15 heteroatoms. The molecule has 5 aromatic heterocycles. The summed E-state index contributed by atoms with van der Waals surface area (Å²) in [6.07, 6.45) is 5.92. The van der Waals surface area contributed by atoms with Gasteiger partial charge in [-0.2, -0.15) is 0 Å². The van der Waals surface area contributed by atoms with E-state index in [1.165, 1.54) is 47.2 Å². The van der Waals surface area contributed by atoms with Crippen LogP contribution in [0.25, 0.3) is 66.5 Å². The molecule has 0 bridgehead atoms. The van der Waals surface area contributed by atoms with Gasteiger partial charge >= 0.3 is 0 Å². The molecule has 2 aliphatic carbocycles. The Morgan fingerprint density at radius 3 is 1.60 bits per heavy atom. The summed E-state index contributed by atoms with van der Waals surface area (Å²) < 4.78 is 55.4. The van der Waals surface area contributed by atoms with Crippen molar-refractivity contribution < 1.29 is 23.0 Å². The fourth-order valence-corrected chi connectivity index (χ4v) is 14.6. The maximum atomic E-state index is 14.9. The number of thiophene rings is 1. The smallest absolute Gasteiger partial charge is 0.213 e. The molecule has 8 heterocycles. The van der Waals surface area contributed by atoms with E-state index in [2.05, 4.69) is 80.2 Å². The van der Waals surface area contributed by atoms with E-state index in [-0.39, 0.29) is 30.3 Å². The van der Waals surface area contributed by atoms with Crippen LogP contribution in [0.4, 0.5) is 8.78 Å². The Hall–Kier alpha value is -7.09. The third kappa shape index (κ3) is 9.08. The molecule has 5 aliphatic rings. The molecule has 3 atom stereocenters. The van der Waals surface area contributed by atoms with Crippen LogP contribution in [-0.2, 0) is 0 Å². The second kappa shape index (κ2) is 19.8. The van der Waals surface area contributed by atoms with Crippen LogP contribution in [0.2, 0.25) is 20.1 Å². The Balaban J connectivity index is 0.000000105. The fourth-order valence-electron chi connectivity index (χ4n) is 11.6. The van der Waals surface area contributed by atoms with Crippen molar-refractivity contribution >= 4 is 102 Å². The van der Waals surface area contributed by atoms with Crippen LogP contribution in [0.1, 0.15) is 92.5 Å². The topological polar surface area (TPSA) is 55.4 Å². The lowest BCUT2D eigenvalue weighted by Crippen LogP contribution is -2.22. The summed E-state index contributed by atoms with van der Waals surface area (Å²) in [6.45, 7) is 3.97. The van der Waals surface area contributed by atoms with Gasteiger partial charge in [0.2, 0.25) is 18.7 Å². The van der Waals surface area contributed by atoms with E-state index >= 15 is 0 Å².